The molecule has 1 saturated heterocycles. The summed E-state index contributed by atoms with van der Waals surface area (Å²) in [4.78, 5) is 15.0. The summed E-state index contributed by atoms with van der Waals surface area (Å²) >= 11 is 0. The number of carbonyl (C=O) groups excluding carboxylic acids is 1. The molecule has 3 heteroatoms. The molecule has 3 nitrogen and oxygen atoms in total. The SMILES string of the molecule is O=C(NC1CCC(CN2CCC(c3ccccc3)CC2)C1)c1ccccc1. The fourth-order valence-electron chi connectivity index (χ4n) is 4.77. The van der Waals surface area contributed by atoms with Gasteiger partial charge in [0, 0.05) is 18.2 Å². The number of hydrogen-bond donors (Lipinski definition) is 1. The molecular formula is C24H30N2O. The summed E-state index contributed by atoms with van der Waals surface area (Å²) in [5, 5.41) is 3.23. The first-order chi connectivity index (χ1) is 13.3. The molecule has 4 rings (SSSR count). The first kappa shape index (κ1) is 18.2. The van der Waals surface area contributed by atoms with E-state index >= 15 is 0 Å². The van der Waals surface area contributed by atoms with Crippen molar-refractivity contribution in [3.8, 4) is 0 Å². The van der Waals surface area contributed by atoms with Gasteiger partial charge in [-0.2, -0.15) is 0 Å². The number of piperidine rings is 1. The summed E-state index contributed by atoms with van der Waals surface area (Å²) in [5.41, 5.74) is 2.27. The van der Waals surface area contributed by atoms with Crippen LogP contribution in [-0.4, -0.2) is 36.5 Å². The van der Waals surface area contributed by atoms with Crippen LogP contribution in [0.2, 0.25) is 0 Å². The van der Waals surface area contributed by atoms with Gasteiger partial charge < -0.3 is 10.2 Å². The zero-order valence-electron chi connectivity index (χ0n) is 16.0. The van der Waals surface area contributed by atoms with Crippen molar-refractivity contribution < 1.29 is 4.79 Å². The van der Waals surface area contributed by atoms with Crippen LogP contribution in [0.4, 0.5) is 0 Å². The highest BCUT2D eigenvalue weighted by atomic mass is 16.1. The Bertz CT molecular complexity index is 723. The van der Waals surface area contributed by atoms with E-state index in [1.165, 1.54) is 44.5 Å². The Morgan fingerprint density at radius 2 is 1.56 bits per heavy atom. The van der Waals surface area contributed by atoms with Gasteiger partial charge in [-0.05, 0) is 74.7 Å². The monoisotopic (exact) mass is 362 g/mol. The second-order valence-electron chi connectivity index (χ2n) is 8.20. The molecule has 1 saturated carbocycles. The van der Waals surface area contributed by atoms with Crippen molar-refractivity contribution >= 4 is 5.91 Å². The first-order valence-corrected chi connectivity index (χ1v) is 10.4. The van der Waals surface area contributed by atoms with Gasteiger partial charge in [-0.25, -0.2) is 0 Å². The van der Waals surface area contributed by atoms with Crippen LogP contribution in [0.5, 0.6) is 0 Å². The lowest BCUT2D eigenvalue weighted by atomic mass is 9.89. The highest BCUT2D eigenvalue weighted by Gasteiger charge is 2.29. The van der Waals surface area contributed by atoms with Gasteiger partial charge in [-0.15, -0.1) is 0 Å². The van der Waals surface area contributed by atoms with E-state index < -0.39 is 0 Å². The Labute approximate surface area is 162 Å². The smallest absolute Gasteiger partial charge is 0.251 e. The third-order valence-corrected chi connectivity index (χ3v) is 6.29. The lowest BCUT2D eigenvalue weighted by Crippen LogP contribution is -2.37. The molecule has 2 atom stereocenters. The van der Waals surface area contributed by atoms with Crippen LogP contribution in [0, 0.1) is 5.92 Å². The Hall–Kier alpha value is -2.13. The summed E-state index contributed by atoms with van der Waals surface area (Å²) in [5.74, 6) is 1.52. The molecule has 27 heavy (non-hydrogen) atoms. The lowest BCUT2D eigenvalue weighted by Gasteiger charge is -2.33. The molecule has 1 amide bonds. The van der Waals surface area contributed by atoms with E-state index in [4.69, 9.17) is 0 Å². The Kier molecular flexibility index (Phi) is 5.88. The molecule has 2 aromatic rings. The van der Waals surface area contributed by atoms with Crippen molar-refractivity contribution in [1.29, 1.82) is 0 Å². The van der Waals surface area contributed by atoms with Crippen molar-refractivity contribution in [1.82, 2.24) is 10.2 Å². The molecule has 1 aliphatic carbocycles. The molecule has 2 aliphatic rings. The summed E-state index contributed by atoms with van der Waals surface area (Å²) < 4.78 is 0. The van der Waals surface area contributed by atoms with E-state index in [0.717, 1.165) is 30.2 Å². The molecule has 1 heterocycles. The molecule has 1 aliphatic heterocycles. The molecular weight excluding hydrogens is 332 g/mol. The van der Waals surface area contributed by atoms with Gasteiger partial charge in [0.1, 0.15) is 0 Å². The maximum atomic E-state index is 12.3. The topological polar surface area (TPSA) is 32.3 Å². The van der Waals surface area contributed by atoms with Crippen molar-refractivity contribution in [2.24, 2.45) is 5.92 Å². The van der Waals surface area contributed by atoms with Gasteiger partial charge >= 0.3 is 0 Å². The van der Waals surface area contributed by atoms with Crippen LogP contribution in [-0.2, 0) is 0 Å². The molecule has 1 N–H and O–H groups in total. The molecule has 2 unspecified atom stereocenters. The summed E-state index contributed by atoms with van der Waals surface area (Å²) in [6.45, 7) is 3.60. The number of rotatable bonds is 5. The van der Waals surface area contributed by atoms with E-state index in [9.17, 15) is 4.79 Å². The quantitative estimate of drug-likeness (QED) is 0.851. The number of nitrogens with zero attached hydrogens (tertiary/aromatic N) is 1. The average Bonchev–Trinajstić information content (AvgIpc) is 3.16. The third kappa shape index (κ3) is 4.78. The Morgan fingerprint density at radius 1 is 0.889 bits per heavy atom. The predicted octanol–water partition coefficient (Wildman–Crippen LogP) is 4.46. The van der Waals surface area contributed by atoms with Gasteiger partial charge in [-0.1, -0.05) is 48.5 Å². The normalized spacial score (nSPS) is 24.0. The van der Waals surface area contributed by atoms with E-state index in [-0.39, 0.29) is 5.91 Å². The number of hydrogen-bond acceptors (Lipinski definition) is 2. The maximum Gasteiger partial charge on any atom is 0.251 e. The van der Waals surface area contributed by atoms with Crippen LogP contribution in [0.25, 0.3) is 0 Å². The number of amides is 1. The van der Waals surface area contributed by atoms with Crippen LogP contribution < -0.4 is 5.32 Å². The molecule has 2 aromatic carbocycles. The van der Waals surface area contributed by atoms with Gasteiger partial charge in [0.15, 0.2) is 0 Å². The Morgan fingerprint density at radius 3 is 2.26 bits per heavy atom. The lowest BCUT2D eigenvalue weighted by molar-refractivity contribution is 0.0936. The standard InChI is InChI=1S/C24H30N2O/c27-24(22-9-5-2-6-10-22)25-23-12-11-19(17-23)18-26-15-13-21(14-16-26)20-7-3-1-4-8-20/h1-10,19,21,23H,11-18H2,(H,25,27). The fraction of sp³-hybridized carbons (Fsp3) is 0.458. The van der Waals surface area contributed by atoms with Crippen LogP contribution >= 0.6 is 0 Å². The third-order valence-electron chi connectivity index (χ3n) is 6.29. The van der Waals surface area contributed by atoms with Crippen molar-refractivity contribution in [2.75, 3.05) is 19.6 Å². The zero-order valence-corrected chi connectivity index (χ0v) is 16.0. The van der Waals surface area contributed by atoms with Gasteiger partial charge in [0.25, 0.3) is 5.91 Å². The van der Waals surface area contributed by atoms with Crippen LogP contribution in [0.1, 0.15) is 53.9 Å². The molecule has 0 radical (unpaired) electrons. The van der Waals surface area contributed by atoms with Crippen LogP contribution in [0.15, 0.2) is 60.7 Å². The summed E-state index contributed by atoms with van der Waals surface area (Å²) in [6.07, 6.45) is 6.01. The number of nitrogens with one attached hydrogen (secondary N) is 1. The number of benzene rings is 2. The summed E-state index contributed by atoms with van der Waals surface area (Å²) in [6, 6.07) is 20.9. The minimum Gasteiger partial charge on any atom is -0.349 e. The van der Waals surface area contributed by atoms with E-state index in [1.807, 2.05) is 30.3 Å². The molecule has 0 spiro atoms. The molecule has 2 fully saturated rings. The fourth-order valence-corrected chi connectivity index (χ4v) is 4.77. The average molecular weight is 363 g/mol. The molecule has 142 valence electrons. The van der Waals surface area contributed by atoms with Crippen molar-refractivity contribution in [3.63, 3.8) is 0 Å². The second kappa shape index (κ2) is 8.71. The maximum absolute atomic E-state index is 12.3. The van der Waals surface area contributed by atoms with Gasteiger partial charge in [0.05, 0.1) is 0 Å². The Balaban J connectivity index is 1.21. The largest absolute Gasteiger partial charge is 0.349 e. The predicted molar refractivity (Wildman–Crippen MR) is 110 cm³/mol. The minimum atomic E-state index is 0.0740. The van der Waals surface area contributed by atoms with Crippen molar-refractivity contribution in [3.05, 3.63) is 71.8 Å². The van der Waals surface area contributed by atoms with Crippen molar-refractivity contribution in [2.45, 2.75) is 44.1 Å². The highest BCUT2D eigenvalue weighted by Crippen LogP contribution is 2.31. The van der Waals surface area contributed by atoms with E-state index in [0.29, 0.717) is 6.04 Å². The number of likely N-dealkylation sites (tertiary alicyclic amines) is 1. The van der Waals surface area contributed by atoms with Gasteiger partial charge in [-0.3, -0.25) is 4.79 Å². The summed E-state index contributed by atoms with van der Waals surface area (Å²) in [7, 11) is 0. The van der Waals surface area contributed by atoms with Gasteiger partial charge in [0.2, 0.25) is 0 Å². The zero-order chi connectivity index (χ0) is 18.5. The molecule has 0 aromatic heterocycles. The van der Waals surface area contributed by atoms with E-state index in [2.05, 4.69) is 40.5 Å². The molecule has 0 bridgehead atoms. The van der Waals surface area contributed by atoms with Crippen LogP contribution in [0.3, 0.4) is 0 Å². The number of carbonyl (C=O) groups is 1. The minimum absolute atomic E-state index is 0.0740. The van der Waals surface area contributed by atoms with E-state index in [1.54, 1.807) is 0 Å². The first-order valence-electron chi connectivity index (χ1n) is 10.4. The second-order valence-corrected chi connectivity index (χ2v) is 8.20. The highest BCUT2D eigenvalue weighted by molar-refractivity contribution is 5.94.